The third-order valence-corrected chi connectivity index (χ3v) is 11.1. The normalized spacial score (nSPS) is 11.6. The number of anilines is 2. The van der Waals surface area contributed by atoms with Gasteiger partial charge < -0.3 is 19.7 Å². The minimum atomic E-state index is -3.34. The highest BCUT2D eigenvalue weighted by atomic mass is 79.9. The Bertz CT molecular complexity index is 2180. The first-order valence-corrected chi connectivity index (χ1v) is 18.7. The molecule has 2 heterocycles. The Morgan fingerprint density at radius 1 is 0.959 bits per heavy atom. The number of likely N-dealkylation sites (N-methyl/N-ethyl adjacent to an activating group) is 1. The first-order chi connectivity index (χ1) is 23.7. The summed E-state index contributed by atoms with van der Waals surface area (Å²) in [5.41, 5.74) is 3.79. The molecule has 0 radical (unpaired) electrons. The average Bonchev–Trinajstić information content (AvgIpc) is 3.58. The van der Waals surface area contributed by atoms with Crippen LogP contribution in [0, 0.1) is 5.82 Å². The standard InChI is InChI=1S/C36H33BrFN5O4S2/c1-43(15-16-49(44,45)27-9-4-3-5-10-27)14-13-35-42-32(22-48-35)28-19-29-31(20-34(28)46-2)39-23-40-36(29)41-26-11-12-33(30(37)18-26)47-21-24-7-6-8-25(38)17-24/h3-12,17-20,22-23H,13-16,21H2,1-2H3,(H,39,40,41). The average molecular weight is 763 g/mol. The summed E-state index contributed by atoms with van der Waals surface area (Å²) < 4.78 is 51.3. The number of fused-ring (bicyclic) bond motifs is 1. The first kappa shape index (κ1) is 34.4. The van der Waals surface area contributed by atoms with Crippen molar-refractivity contribution in [3.63, 3.8) is 0 Å². The van der Waals surface area contributed by atoms with Gasteiger partial charge in [-0.3, -0.25) is 0 Å². The summed E-state index contributed by atoms with van der Waals surface area (Å²) >= 11 is 5.14. The van der Waals surface area contributed by atoms with E-state index in [0.29, 0.717) is 47.2 Å². The largest absolute Gasteiger partial charge is 0.496 e. The number of hydrogen-bond donors (Lipinski definition) is 1. The van der Waals surface area contributed by atoms with Crippen LogP contribution in [0.5, 0.6) is 11.5 Å². The van der Waals surface area contributed by atoms with E-state index in [9.17, 15) is 12.8 Å². The number of sulfone groups is 1. The van der Waals surface area contributed by atoms with E-state index in [4.69, 9.17) is 14.5 Å². The van der Waals surface area contributed by atoms with E-state index >= 15 is 0 Å². The first-order valence-electron chi connectivity index (χ1n) is 15.4. The van der Waals surface area contributed by atoms with Crippen molar-refractivity contribution in [1.82, 2.24) is 19.9 Å². The molecule has 4 aromatic carbocycles. The summed E-state index contributed by atoms with van der Waals surface area (Å²) in [7, 11) is 0.197. The molecular formula is C36H33BrFN5O4S2. The highest BCUT2D eigenvalue weighted by Gasteiger charge is 2.17. The summed E-state index contributed by atoms with van der Waals surface area (Å²) in [5, 5.41) is 7.10. The third kappa shape index (κ3) is 8.60. The maximum Gasteiger partial charge on any atom is 0.179 e. The van der Waals surface area contributed by atoms with Gasteiger partial charge in [-0.05, 0) is 77.1 Å². The van der Waals surface area contributed by atoms with Crippen LogP contribution >= 0.6 is 27.3 Å². The van der Waals surface area contributed by atoms with E-state index in [1.165, 1.54) is 18.5 Å². The number of hydrogen-bond acceptors (Lipinski definition) is 10. The van der Waals surface area contributed by atoms with E-state index in [-0.39, 0.29) is 18.2 Å². The molecule has 13 heteroatoms. The Kier molecular flexibility index (Phi) is 10.8. The highest BCUT2D eigenvalue weighted by Crippen LogP contribution is 2.37. The van der Waals surface area contributed by atoms with Crippen LogP contribution in [0.25, 0.3) is 22.2 Å². The minimum Gasteiger partial charge on any atom is -0.496 e. The molecule has 0 spiro atoms. The fourth-order valence-corrected chi connectivity index (χ4v) is 7.78. The van der Waals surface area contributed by atoms with Gasteiger partial charge in [0.1, 0.15) is 36.1 Å². The molecule has 0 aliphatic carbocycles. The fourth-order valence-electron chi connectivity index (χ4n) is 5.14. The Balaban J connectivity index is 1.14. The van der Waals surface area contributed by atoms with Gasteiger partial charge >= 0.3 is 0 Å². The van der Waals surface area contributed by atoms with Crippen LogP contribution < -0.4 is 14.8 Å². The zero-order valence-electron chi connectivity index (χ0n) is 26.8. The SMILES string of the molecule is COc1cc2ncnc(Nc3ccc(OCc4cccc(F)c4)c(Br)c3)c2cc1-c1csc(CCN(C)CCS(=O)(=O)c2ccccc2)n1. The van der Waals surface area contributed by atoms with Crippen LogP contribution in [0.3, 0.4) is 0 Å². The molecule has 49 heavy (non-hydrogen) atoms. The highest BCUT2D eigenvalue weighted by molar-refractivity contribution is 9.10. The molecule has 0 saturated carbocycles. The second kappa shape index (κ2) is 15.4. The summed E-state index contributed by atoms with van der Waals surface area (Å²) in [6, 6.07) is 24.3. The molecule has 0 aliphatic rings. The molecule has 1 N–H and O–H groups in total. The minimum absolute atomic E-state index is 0.0504. The van der Waals surface area contributed by atoms with Crippen LogP contribution in [0.2, 0.25) is 0 Å². The lowest BCUT2D eigenvalue weighted by Crippen LogP contribution is -2.27. The predicted molar refractivity (Wildman–Crippen MR) is 195 cm³/mol. The van der Waals surface area contributed by atoms with Crippen LogP contribution in [-0.2, 0) is 22.9 Å². The van der Waals surface area contributed by atoms with Crippen molar-refractivity contribution in [1.29, 1.82) is 0 Å². The second-order valence-corrected chi connectivity index (χ2v) is 15.2. The quantitative estimate of drug-likeness (QED) is 0.118. The number of thiazole rings is 1. The number of rotatable bonds is 14. The fraction of sp³-hybridized carbons (Fsp3) is 0.194. The summed E-state index contributed by atoms with van der Waals surface area (Å²) in [6.07, 6.45) is 2.17. The number of aromatic nitrogens is 3. The molecule has 0 unspecified atom stereocenters. The molecule has 6 aromatic rings. The number of nitrogens with one attached hydrogen (secondary N) is 1. The van der Waals surface area contributed by atoms with Gasteiger partial charge in [-0.25, -0.2) is 27.8 Å². The molecular weight excluding hydrogens is 729 g/mol. The van der Waals surface area contributed by atoms with E-state index in [2.05, 4.69) is 31.2 Å². The van der Waals surface area contributed by atoms with Gasteiger partial charge in [0.25, 0.3) is 0 Å². The molecule has 252 valence electrons. The summed E-state index contributed by atoms with van der Waals surface area (Å²) in [5.74, 6) is 1.62. The Labute approximate surface area is 296 Å². The van der Waals surface area contributed by atoms with Crippen LogP contribution in [0.1, 0.15) is 10.6 Å². The molecule has 0 atom stereocenters. The molecule has 0 saturated heterocycles. The van der Waals surface area contributed by atoms with Crippen LogP contribution in [0.4, 0.5) is 15.9 Å². The van der Waals surface area contributed by atoms with Gasteiger partial charge in [0, 0.05) is 47.6 Å². The number of benzene rings is 4. The van der Waals surface area contributed by atoms with Crippen molar-refractivity contribution in [2.75, 3.05) is 38.3 Å². The zero-order valence-corrected chi connectivity index (χ0v) is 30.0. The van der Waals surface area contributed by atoms with Crippen molar-refractivity contribution in [3.8, 4) is 22.8 Å². The predicted octanol–water partition coefficient (Wildman–Crippen LogP) is 7.93. The Hall–Kier alpha value is -4.43. The molecule has 0 amide bonds. The molecule has 2 aromatic heterocycles. The topological polar surface area (TPSA) is 107 Å². The maximum absolute atomic E-state index is 13.6. The van der Waals surface area contributed by atoms with Crippen LogP contribution in [-0.4, -0.2) is 61.3 Å². The molecule has 0 bridgehead atoms. The smallest absolute Gasteiger partial charge is 0.179 e. The van der Waals surface area contributed by atoms with Crippen molar-refractivity contribution < 1.29 is 22.3 Å². The number of nitrogens with zero attached hydrogens (tertiary/aromatic N) is 4. The maximum atomic E-state index is 13.6. The van der Waals surface area contributed by atoms with Gasteiger partial charge in [-0.1, -0.05) is 30.3 Å². The lowest BCUT2D eigenvalue weighted by molar-refractivity contribution is 0.303. The Morgan fingerprint density at radius 3 is 2.57 bits per heavy atom. The zero-order chi connectivity index (χ0) is 34.4. The molecule has 6 rings (SSSR count). The van der Waals surface area contributed by atoms with E-state index in [1.54, 1.807) is 54.8 Å². The monoisotopic (exact) mass is 761 g/mol. The van der Waals surface area contributed by atoms with Crippen LogP contribution in [0.15, 0.2) is 106 Å². The number of ether oxygens (including phenoxy) is 2. The van der Waals surface area contributed by atoms with E-state index in [0.717, 1.165) is 37.4 Å². The second-order valence-electron chi connectivity index (χ2n) is 11.3. The molecule has 0 fully saturated rings. The molecule has 9 nitrogen and oxygen atoms in total. The van der Waals surface area contributed by atoms with E-state index < -0.39 is 9.84 Å². The lowest BCUT2D eigenvalue weighted by atomic mass is 10.1. The van der Waals surface area contributed by atoms with Gasteiger partial charge in [0.2, 0.25) is 0 Å². The van der Waals surface area contributed by atoms with Crippen molar-refractivity contribution in [2.24, 2.45) is 0 Å². The number of methoxy groups -OCH3 is 1. The van der Waals surface area contributed by atoms with Crippen molar-refractivity contribution in [2.45, 2.75) is 17.9 Å². The van der Waals surface area contributed by atoms with Gasteiger partial charge in [-0.2, -0.15) is 0 Å². The van der Waals surface area contributed by atoms with Crippen molar-refractivity contribution in [3.05, 3.63) is 117 Å². The van der Waals surface area contributed by atoms with Gasteiger partial charge in [-0.15, -0.1) is 11.3 Å². The van der Waals surface area contributed by atoms with Gasteiger partial charge in [0.05, 0.1) is 38.4 Å². The Morgan fingerprint density at radius 2 is 1.80 bits per heavy atom. The molecule has 0 aliphatic heterocycles. The van der Waals surface area contributed by atoms with Gasteiger partial charge in [0.15, 0.2) is 9.84 Å². The lowest BCUT2D eigenvalue weighted by Gasteiger charge is -2.15. The third-order valence-electron chi connectivity index (χ3n) is 7.81. The summed E-state index contributed by atoms with van der Waals surface area (Å²) in [6.45, 7) is 1.32. The summed E-state index contributed by atoms with van der Waals surface area (Å²) in [4.78, 5) is 16.2. The number of halogens is 2. The van der Waals surface area contributed by atoms with E-state index in [1.807, 2.05) is 53.7 Å². The van der Waals surface area contributed by atoms with Crippen molar-refractivity contribution >= 4 is 59.5 Å².